The highest BCUT2D eigenvalue weighted by Gasteiger charge is 2.26. The molecule has 1 saturated heterocycles. The lowest BCUT2D eigenvalue weighted by Gasteiger charge is -2.20. The van der Waals surface area contributed by atoms with Gasteiger partial charge in [0.15, 0.2) is 0 Å². The van der Waals surface area contributed by atoms with Crippen LogP contribution in [0.2, 0.25) is 0 Å². The van der Waals surface area contributed by atoms with Crippen molar-refractivity contribution in [1.29, 1.82) is 0 Å². The first-order valence-corrected chi connectivity index (χ1v) is 9.00. The molecule has 1 atom stereocenters. The fourth-order valence-corrected chi connectivity index (χ4v) is 4.06. The van der Waals surface area contributed by atoms with Crippen LogP contribution >= 0.6 is 0 Å². The van der Waals surface area contributed by atoms with Crippen LogP contribution in [-0.2, 0) is 4.74 Å². The minimum Gasteiger partial charge on any atom is -0.507 e. The van der Waals surface area contributed by atoms with Crippen molar-refractivity contribution >= 4 is 5.57 Å². The highest BCUT2D eigenvalue weighted by atomic mass is 19.1. The molecule has 2 aliphatic rings. The van der Waals surface area contributed by atoms with Crippen molar-refractivity contribution < 1.29 is 14.2 Å². The quantitative estimate of drug-likeness (QED) is 0.804. The van der Waals surface area contributed by atoms with Crippen molar-refractivity contribution in [2.45, 2.75) is 57.8 Å². The molecule has 0 amide bonds. The Morgan fingerprint density at radius 3 is 2.65 bits per heavy atom. The van der Waals surface area contributed by atoms with Gasteiger partial charge in [-0.2, -0.15) is 0 Å². The lowest BCUT2D eigenvalue weighted by molar-refractivity contribution is 0.104. The van der Waals surface area contributed by atoms with Gasteiger partial charge in [0, 0.05) is 30.8 Å². The smallest absolute Gasteiger partial charge is 0.127 e. The molecule has 1 unspecified atom stereocenters. The Labute approximate surface area is 138 Å². The van der Waals surface area contributed by atoms with E-state index in [4.69, 9.17) is 4.74 Å². The van der Waals surface area contributed by atoms with Gasteiger partial charge in [-0.25, -0.2) is 4.39 Å². The third-order valence-corrected chi connectivity index (χ3v) is 5.30. The average Bonchev–Trinajstić information content (AvgIpc) is 2.84. The molecule has 1 aromatic rings. The van der Waals surface area contributed by atoms with Crippen LogP contribution in [0, 0.1) is 11.7 Å². The number of hydrogen-bond acceptors (Lipinski definition) is 2. The van der Waals surface area contributed by atoms with E-state index in [2.05, 4.69) is 13.0 Å². The molecular formula is C20H27FO2. The molecule has 3 rings (SSSR count). The number of halogens is 1. The van der Waals surface area contributed by atoms with Gasteiger partial charge < -0.3 is 9.84 Å². The Bertz CT molecular complexity index is 571. The molecule has 0 saturated carbocycles. The molecule has 126 valence electrons. The molecule has 0 spiro atoms. The Hall–Kier alpha value is -1.35. The van der Waals surface area contributed by atoms with Crippen molar-refractivity contribution in [2.75, 3.05) is 13.2 Å². The fourth-order valence-electron chi connectivity index (χ4n) is 4.06. The van der Waals surface area contributed by atoms with Crippen molar-refractivity contribution in [3.05, 3.63) is 35.2 Å². The lowest BCUT2D eigenvalue weighted by Crippen LogP contribution is -2.10. The molecule has 1 heterocycles. The van der Waals surface area contributed by atoms with Crippen LogP contribution < -0.4 is 0 Å². The average molecular weight is 318 g/mol. The van der Waals surface area contributed by atoms with E-state index < -0.39 is 0 Å². The molecule has 1 aliphatic heterocycles. The number of benzene rings is 1. The third-order valence-electron chi connectivity index (χ3n) is 5.30. The second kappa shape index (κ2) is 7.48. The summed E-state index contributed by atoms with van der Waals surface area (Å²) in [7, 11) is 0. The van der Waals surface area contributed by atoms with Crippen LogP contribution in [0.1, 0.15) is 68.9 Å². The summed E-state index contributed by atoms with van der Waals surface area (Å²) in [6, 6.07) is 2.84. The predicted molar refractivity (Wildman–Crippen MR) is 91.1 cm³/mol. The monoisotopic (exact) mass is 318 g/mol. The third kappa shape index (κ3) is 3.77. The molecule has 1 aliphatic carbocycles. The second-order valence-corrected chi connectivity index (χ2v) is 6.90. The molecule has 0 aromatic heterocycles. The molecule has 3 heteroatoms. The normalized spacial score (nSPS) is 22.3. The van der Waals surface area contributed by atoms with Crippen molar-refractivity contribution in [3.8, 4) is 5.75 Å². The van der Waals surface area contributed by atoms with E-state index in [-0.39, 0.29) is 17.5 Å². The van der Waals surface area contributed by atoms with Crippen LogP contribution in [-0.4, -0.2) is 18.3 Å². The van der Waals surface area contributed by atoms with E-state index >= 15 is 0 Å². The summed E-state index contributed by atoms with van der Waals surface area (Å²) >= 11 is 0. The summed E-state index contributed by atoms with van der Waals surface area (Å²) in [6.07, 6.45) is 10.1. The van der Waals surface area contributed by atoms with E-state index in [1.807, 2.05) is 0 Å². The molecule has 1 aromatic carbocycles. The summed E-state index contributed by atoms with van der Waals surface area (Å²) in [5, 5.41) is 10.2. The Kier molecular flexibility index (Phi) is 5.37. The molecule has 2 nitrogen and oxygen atoms in total. The van der Waals surface area contributed by atoms with E-state index in [1.54, 1.807) is 6.07 Å². The molecule has 1 N–H and O–H groups in total. The zero-order valence-corrected chi connectivity index (χ0v) is 14.0. The SMILES string of the molecule is CCC1C=C(CCC2CCCOCCC2)c2c(O)cc(F)cc21. The van der Waals surface area contributed by atoms with E-state index in [9.17, 15) is 9.50 Å². The van der Waals surface area contributed by atoms with Gasteiger partial charge in [-0.3, -0.25) is 0 Å². The number of ether oxygens (including phenoxy) is 1. The number of phenolic OH excluding ortho intramolecular Hbond substituents is 1. The van der Waals surface area contributed by atoms with Gasteiger partial charge in [-0.15, -0.1) is 0 Å². The number of rotatable bonds is 4. The zero-order chi connectivity index (χ0) is 16.2. The number of phenols is 1. The maximum atomic E-state index is 13.6. The maximum Gasteiger partial charge on any atom is 0.127 e. The van der Waals surface area contributed by atoms with Crippen LogP contribution in [0.4, 0.5) is 4.39 Å². The maximum absolute atomic E-state index is 13.6. The van der Waals surface area contributed by atoms with Crippen molar-refractivity contribution in [3.63, 3.8) is 0 Å². The van der Waals surface area contributed by atoms with Crippen LogP contribution in [0.5, 0.6) is 5.75 Å². The van der Waals surface area contributed by atoms with Crippen molar-refractivity contribution in [1.82, 2.24) is 0 Å². The van der Waals surface area contributed by atoms with E-state index in [0.717, 1.165) is 62.4 Å². The minimum atomic E-state index is -0.339. The summed E-state index contributed by atoms with van der Waals surface area (Å²) in [5.74, 6) is 0.751. The summed E-state index contributed by atoms with van der Waals surface area (Å²) in [5.41, 5.74) is 3.07. The van der Waals surface area contributed by atoms with Gasteiger partial charge >= 0.3 is 0 Å². The lowest BCUT2D eigenvalue weighted by atomic mass is 9.89. The number of allylic oxidation sites excluding steroid dienone is 2. The highest BCUT2D eigenvalue weighted by Crippen LogP contribution is 2.45. The summed E-state index contributed by atoms with van der Waals surface area (Å²) < 4.78 is 19.1. The van der Waals surface area contributed by atoms with Gasteiger partial charge in [0.25, 0.3) is 0 Å². The topological polar surface area (TPSA) is 29.5 Å². The highest BCUT2D eigenvalue weighted by molar-refractivity contribution is 5.78. The first-order chi connectivity index (χ1) is 11.2. The number of hydrogen-bond donors (Lipinski definition) is 1. The molecule has 0 radical (unpaired) electrons. The van der Waals surface area contributed by atoms with E-state index in [0.29, 0.717) is 0 Å². The molecule has 23 heavy (non-hydrogen) atoms. The first kappa shape index (κ1) is 16.5. The molecule has 1 fully saturated rings. The summed E-state index contributed by atoms with van der Waals surface area (Å²) in [4.78, 5) is 0. The summed E-state index contributed by atoms with van der Waals surface area (Å²) in [6.45, 7) is 3.89. The number of aromatic hydroxyl groups is 1. The Morgan fingerprint density at radius 2 is 1.96 bits per heavy atom. The minimum absolute atomic E-state index is 0.105. The van der Waals surface area contributed by atoms with Gasteiger partial charge in [0.1, 0.15) is 11.6 Å². The van der Waals surface area contributed by atoms with Gasteiger partial charge in [-0.05, 0) is 68.1 Å². The van der Waals surface area contributed by atoms with Crippen LogP contribution in [0.25, 0.3) is 5.57 Å². The van der Waals surface area contributed by atoms with E-state index in [1.165, 1.54) is 24.5 Å². The Balaban J connectivity index is 1.71. The standard InChI is InChI=1S/C20H27FO2/c1-2-15-11-16(20-18(15)12-17(21)13-19(20)22)8-7-14-5-3-9-23-10-4-6-14/h11-15,22H,2-10H2,1H3. The first-order valence-electron chi connectivity index (χ1n) is 9.00. The molecule has 0 bridgehead atoms. The van der Waals surface area contributed by atoms with Crippen LogP contribution in [0.3, 0.4) is 0 Å². The van der Waals surface area contributed by atoms with Gasteiger partial charge in [-0.1, -0.05) is 13.0 Å². The largest absolute Gasteiger partial charge is 0.507 e. The number of fused-ring (bicyclic) bond motifs is 1. The van der Waals surface area contributed by atoms with Crippen molar-refractivity contribution in [2.24, 2.45) is 5.92 Å². The van der Waals surface area contributed by atoms with Gasteiger partial charge in [0.05, 0.1) is 0 Å². The Morgan fingerprint density at radius 1 is 1.22 bits per heavy atom. The van der Waals surface area contributed by atoms with Crippen LogP contribution in [0.15, 0.2) is 18.2 Å². The van der Waals surface area contributed by atoms with Gasteiger partial charge in [0.2, 0.25) is 0 Å². The fraction of sp³-hybridized carbons (Fsp3) is 0.600. The zero-order valence-electron chi connectivity index (χ0n) is 14.0. The second-order valence-electron chi connectivity index (χ2n) is 6.90. The molecular weight excluding hydrogens is 291 g/mol. The predicted octanol–water partition coefficient (Wildman–Crippen LogP) is 5.41.